The highest BCUT2D eigenvalue weighted by Crippen LogP contribution is 2.35. The Bertz CT molecular complexity index is 1330. The maximum Gasteiger partial charge on any atom is 0.268 e. The number of thiocarbonyl (C=S) groups is 1. The first kappa shape index (κ1) is 28.8. The Hall–Kier alpha value is -2.76. The number of unbranched alkanes of at least 4 members (excludes halogenated alkanes) is 3. The molecule has 0 radical (unpaired) electrons. The van der Waals surface area contributed by atoms with Gasteiger partial charge in [0.1, 0.15) is 15.0 Å². The van der Waals surface area contributed by atoms with E-state index in [1.807, 2.05) is 23.8 Å². The number of carbonyl (C=O) groups is 2. The molecule has 1 saturated heterocycles. The summed E-state index contributed by atoms with van der Waals surface area (Å²) in [7, 11) is -4.09. The lowest BCUT2D eigenvalue weighted by molar-refractivity contribution is -0.121. The van der Waals surface area contributed by atoms with Crippen LogP contribution in [0.25, 0.3) is 5.70 Å². The molecule has 198 valence electrons. The molecule has 7 nitrogen and oxygen atoms in total. The highest BCUT2D eigenvalue weighted by Gasteiger charge is 2.35. The predicted octanol–water partition coefficient (Wildman–Crippen LogP) is 4.50. The fourth-order valence-electron chi connectivity index (χ4n) is 3.88. The average molecular weight is 564 g/mol. The van der Waals surface area contributed by atoms with Gasteiger partial charge in [-0.15, -0.1) is 0 Å². The van der Waals surface area contributed by atoms with Crippen LogP contribution < -0.4 is 10.5 Å². The highest BCUT2D eigenvalue weighted by atomic mass is 32.2. The number of halogens is 1. The number of amides is 2. The first-order valence-corrected chi connectivity index (χ1v) is 14.8. The van der Waals surface area contributed by atoms with Gasteiger partial charge in [-0.1, -0.05) is 68.4 Å². The Morgan fingerprint density at radius 2 is 1.84 bits per heavy atom. The van der Waals surface area contributed by atoms with Crippen LogP contribution in [0.15, 0.2) is 47.4 Å². The average Bonchev–Trinajstić information content (AvgIpc) is 3.13. The number of nitrogens with one attached hydrogen (secondary N) is 1. The third-order valence-corrected chi connectivity index (χ3v) is 8.61. The second-order valence-corrected chi connectivity index (χ2v) is 12.3. The quantitative estimate of drug-likeness (QED) is 0.235. The first-order chi connectivity index (χ1) is 17.5. The minimum Gasteiger partial charge on any atom is -0.397 e. The number of sulfonamides is 1. The van der Waals surface area contributed by atoms with Crippen LogP contribution in [0.1, 0.15) is 59.7 Å². The second kappa shape index (κ2) is 12.7. The first-order valence-electron chi connectivity index (χ1n) is 12.0. The van der Waals surface area contributed by atoms with E-state index >= 15 is 0 Å². The number of rotatable bonds is 11. The number of hydrogen-bond donors (Lipinski definition) is 2. The molecule has 0 bridgehead atoms. The van der Waals surface area contributed by atoms with Crippen LogP contribution in [0.2, 0.25) is 0 Å². The van der Waals surface area contributed by atoms with Gasteiger partial charge in [-0.05, 0) is 55.2 Å². The molecule has 0 aromatic heterocycles. The van der Waals surface area contributed by atoms with Gasteiger partial charge in [0.15, 0.2) is 0 Å². The summed E-state index contributed by atoms with van der Waals surface area (Å²) >= 11 is 6.34. The summed E-state index contributed by atoms with van der Waals surface area (Å²) in [5, 5.41) is 0. The summed E-state index contributed by atoms with van der Waals surface area (Å²) in [5.41, 5.74) is 9.56. The van der Waals surface area contributed by atoms with Crippen LogP contribution in [0.4, 0.5) is 4.39 Å². The fourth-order valence-corrected chi connectivity index (χ4v) is 6.11. The largest absolute Gasteiger partial charge is 0.397 e. The molecular weight excluding hydrogens is 534 g/mol. The zero-order valence-corrected chi connectivity index (χ0v) is 23.2. The number of hydrogen-bond acceptors (Lipinski definition) is 7. The molecule has 11 heteroatoms. The number of thioether (sulfide) groups is 1. The Kier molecular flexibility index (Phi) is 9.86. The zero-order chi connectivity index (χ0) is 27.2. The van der Waals surface area contributed by atoms with E-state index in [2.05, 4.69) is 13.0 Å². The smallest absolute Gasteiger partial charge is 0.268 e. The van der Waals surface area contributed by atoms with Gasteiger partial charge < -0.3 is 5.73 Å². The molecule has 2 aromatic carbocycles. The van der Waals surface area contributed by atoms with Crippen LogP contribution in [-0.2, 0) is 21.2 Å². The van der Waals surface area contributed by atoms with Gasteiger partial charge in [-0.25, -0.2) is 17.5 Å². The third kappa shape index (κ3) is 7.62. The maximum absolute atomic E-state index is 13.1. The van der Waals surface area contributed by atoms with E-state index in [9.17, 15) is 22.4 Å². The number of benzene rings is 2. The van der Waals surface area contributed by atoms with Crippen LogP contribution in [0.5, 0.6) is 0 Å². The molecule has 2 amide bonds. The lowest BCUT2D eigenvalue weighted by Crippen LogP contribution is -2.39. The predicted molar refractivity (Wildman–Crippen MR) is 150 cm³/mol. The molecule has 1 aliphatic heterocycles. The molecule has 0 atom stereocenters. The van der Waals surface area contributed by atoms with Crippen molar-refractivity contribution < 1.29 is 22.4 Å². The van der Waals surface area contributed by atoms with E-state index in [4.69, 9.17) is 18.0 Å². The molecule has 2 aromatic rings. The topological polar surface area (TPSA) is 110 Å². The van der Waals surface area contributed by atoms with Gasteiger partial charge in [0.2, 0.25) is 10.0 Å². The maximum atomic E-state index is 13.1. The van der Waals surface area contributed by atoms with Crippen LogP contribution >= 0.6 is 24.0 Å². The minimum absolute atomic E-state index is 0.00589. The van der Waals surface area contributed by atoms with Gasteiger partial charge >= 0.3 is 0 Å². The number of nitrogens with zero attached hydrogens (tertiary/aromatic N) is 1. The van der Waals surface area contributed by atoms with Crippen molar-refractivity contribution in [2.45, 2.75) is 46.0 Å². The normalized spacial score (nSPS) is 15.3. The molecule has 0 saturated carbocycles. The lowest BCUT2D eigenvalue weighted by atomic mass is 9.99. The van der Waals surface area contributed by atoms with Gasteiger partial charge in [0.05, 0.1) is 11.4 Å². The van der Waals surface area contributed by atoms with E-state index in [0.717, 1.165) is 47.9 Å². The Labute approximate surface area is 226 Å². The van der Waals surface area contributed by atoms with E-state index in [-0.39, 0.29) is 21.3 Å². The fraction of sp³-hybridized carbons (Fsp3) is 0.346. The van der Waals surface area contributed by atoms with Crippen molar-refractivity contribution in [2.75, 3.05) is 12.3 Å². The van der Waals surface area contributed by atoms with Crippen molar-refractivity contribution in [3.8, 4) is 0 Å². The van der Waals surface area contributed by atoms with Gasteiger partial charge in [-0.3, -0.25) is 14.5 Å². The third-order valence-electron chi connectivity index (χ3n) is 5.93. The molecule has 0 aliphatic carbocycles. The Morgan fingerprint density at radius 1 is 1.14 bits per heavy atom. The summed E-state index contributed by atoms with van der Waals surface area (Å²) in [4.78, 5) is 26.7. The monoisotopic (exact) mass is 563 g/mol. The van der Waals surface area contributed by atoms with E-state index in [1.54, 1.807) is 0 Å². The standard InChI is InChI=1S/C26H30FN3O4S3/c1-3-4-5-6-7-18-8-13-21(17(2)16-18)22(28)23-25(32)30(26(35)36-23)14-15-37(33,34)29-24(31)19-9-11-20(27)12-10-19/h8-13,16H,3-7,14-15,28H2,1-2H3,(H,29,31). The van der Waals surface area contributed by atoms with Crippen molar-refractivity contribution >= 4 is 55.8 Å². The molecule has 0 unspecified atom stereocenters. The molecule has 1 heterocycles. The van der Waals surface area contributed by atoms with Gasteiger partial charge in [0, 0.05) is 17.7 Å². The number of carbonyl (C=O) groups excluding carboxylic acids is 2. The SMILES string of the molecule is CCCCCCc1ccc(C(N)=C2SC(=S)N(CCS(=O)(=O)NC(=O)c3ccc(F)cc3)C2=O)c(C)c1. The van der Waals surface area contributed by atoms with Crippen molar-refractivity contribution in [2.24, 2.45) is 5.73 Å². The Balaban J connectivity index is 1.66. The second-order valence-electron chi connectivity index (χ2n) is 8.78. The van der Waals surface area contributed by atoms with Gasteiger partial charge in [-0.2, -0.15) is 0 Å². The van der Waals surface area contributed by atoms with E-state index in [1.165, 1.54) is 41.9 Å². The van der Waals surface area contributed by atoms with E-state index in [0.29, 0.717) is 5.70 Å². The summed E-state index contributed by atoms with van der Waals surface area (Å²) in [6.45, 7) is 3.87. The molecule has 1 aliphatic rings. The summed E-state index contributed by atoms with van der Waals surface area (Å²) in [6, 6.07) is 10.5. The summed E-state index contributed by atoms with van der Waals surface area (Å²) in [5.74, 6) is -2.46. The number of nitrogens with two attached hydrogens (primary N) is 1. The molecule has 3 rings (SSSR count). The summed E-state index contributed by atoms with van der Waals surface area (Å²) < 4.78 is 40.1. The summed E-state index contributed by atoms with van der Waals surface area (Å²) in [6.07, 6.45) is 5.69. The molecule has 1 fully saturated rings. The van der Waals surface area contributed by atoms with Crippen molar-refractivity contribution in [1.29, 1.82) is 0 Å². The number of aryl methyl sites for hydroxylation is 2. The molecule has 37 heavy (non-hydrogen) atoms. The van der Waals surface area contributed by atoms with Gasteiger partial charge in [0.25, 0.3) is 11.8 Å². The molecular formula is C26H30FN3O4S3. The van der Waals surface area contributed by atoms with Crippen LogP contribution in [0, 0.1) is 12.7 Å². The van der Waals surface area contributed by atoms with Crippen molar-refractivity contribution in [3.05, 3.63) is 75.4 Å². The van der Waals surface area contributed by atoms with Crippen molar-refractivity contribution in [1.82, 2.24) is 9.62 Å². The Morgan fingerprint density at radius 3 is 2.49 bits per heavy atom. The highest BCUT2D eigenvalue weighted by molar-refractivity contribution is 8.26. The molecule has 0 spiro atoms. The van der Waals surface area contributed by atoms with Crippen LogP contribution in [-0.4, -0.2) is 41.8 Å². The lowest BCUT2D eigenvalue weighted by Gasteiger charge is -2.15. The molecule has 3 N–H and O–H groups in total. The van der Waals surface area contributed by atoms with Crippen LogP contribution in [0.3, 0.4) is 0 Å². The van der Waals surface area contributed by atoms with Crippen molar-refractivity contribution in [3.63, 3.8) is 0 Å². The van der Waals surface area contributed by atoms with E-state index < -0.39 is 33.4 Å². The zero-order valence-electron chi connectivity index (χ0n) is 20.8. The minimum atomic E-state index is -4.09.